The zero-order valence-electron chi connectivity index (χ0n) is 8.87. The van der Waals surface area contributed by atoms with Crippen LogP contribution in [-0.2, 0) is 9.84 Å². The fourth-order valence-electron chi connectivity index (χ4n) is 1.65. The lowest BCUT2D eigenvalue weighted by Crippen LogP contribution is -2.38. The first-order chi connectivity index (χ1) is 5.75. The normalized spacial score (nSPS) is 26.6. The molecule has 0 aromatic carbocycles. The molecule has 0 saturated carbocycles. The summed E-state index contributed by atoms with van der Waals surface area (Å²) in [5.74, 6) is 0. The van der Waals surface area contributed by atoms with E-state index in [0.717, 1.165) is 13.0 Å². The van der Waals surface area contributed by atoms with Gasteiger partial charge in [0, 0.05) is 6.54 Å². The molecule has 0 bridgehead atoms. The van der Waals surface area contributed by atoms with Crippen LogP contribution in [0.3, 0.4) is 0 Å². The molecule has 1 heterocycles. The van der Waals surface area contributed by atoms with Crippen LogP contribution in [0.1, 0.15) is 27.2 Å². The first-order valence-corrected chi connectivity index (χ1v) is 6.22. The van der Waals surface area contributed by atoms with Gasteiger partial charge in [-0.3, -0.25) is 0 Å². The van der Waals surface area contributed by atoms with E-state index in [1.807, 2.05) is 7.05 Å². The molecule has 0 aromatic heterocycles. The second kappa shape index (κ2) is 3.24. The summed E-state index contributed by atoms with van der Waals surface area (Å²) in [6, 6.07) is 0. The summed E-state index contributed by atoms with van der Waals surface area (Å²) in [7, 11) is -0.980. The van der Waals surface area contributed by atoms with Gasteiger partial charge < -0.3 is 4.90 Å². The van der Waals surface area contributed by atoms with Crippen molar-refractivity contribution in [1.82, 2.24) is 4.90 Å². The first kappa shape index (κ1) is 11.0. The van der Waals surface area contributed by atoms with Gasteiger partial charge in [-0.15, -0.1) is 0 Å². The van der Waals surface area contributed by atoms with E-state index in [-0.39, 0.29) is 5.25 Å². The minimum Gasteiger partial charge on any atom is -0.305 e. The Morgan fingerprint density at radius 1 is 1.31 bits per heavy atom. The molecule has 0 aliphatic carbocycles. The molecule has 13 heavy (non-hydrogen) atoms. The average molecular weight is 205 g/mol. The Bertz CT molecular complexity index is 276. The van der Waals surface area contributed by atoms with E-state index in [9.17, 15) is 8.42 Å². The lowest BCUT2D eigenvalue weighted by atomic mass is 10.3. The van der Waals surface area contributed by atoms with Gasteiger partial charge in [-0.1, -0.05) is 0 Å². The van der Waals surface area contributed by atoms with Crippen LogP contribution in [-0.4, -0.2) is 43.5 Å². The first-order valence-electron chi connectivity index (χ1n) is 4.67. The predicted molar refractivity (Wildman–Crippen MR) is 54.6 cm³/mol. The van der Waals surface area contributed by atoms with Gasteiger partial charge in [-0.05, 0) is 40.8 Å². The van der Waals surface area contributed by atoms with Crippen molar-refractivity contribution in [2.24, 2.45) is 0 Å². The van der Waals surface area contributed by atoms with Gasteiger partial charge in [0.2, 0.25) is 0 Å². The number of nitrogens with zero attached hydrogens (tertiary/aromatic N) is 1. The molecule has 4 heteroatoms. The van der Waals surface area contributed by atoms with E-state index in [2.05, 4.69) is 4.90 Å². The van der Waals surface area contributed by atoms with Crippen molar-refractivity contribution in [3.05, 3.63) is 0 Å². The van der Waals surface area contributed by atoms with Gasteiger partial charge >= 0.3 is 0 Å². The minimum atomic E-state index is -2.95. The fraction of sp³-hybridized carbons (Fsp3) is 1.00. The number of likely N-dealkylation sites (tertiary alicyclic amines) is 1. The summed E-state index contributed by atoms with van der Waals surface area (Å²) >= 11 is 0. The minimum absolute atomic E-state index is 0.155. The molecule has 1 fully saturated rings. The Labute approximate surface area is 81.0 Å². The molecule has 1 unspecified atom stereocenters. The topological polar surface area (TPSA) is 37.4 Å². The van der Waals surface area contributed by atoms with E-state index in [1.54, 1.807) is 20.8 Å². The lowest BCUT2D eigenvalue weighted by molar-refractivity contribution is 0.416. The summed E-state index contributed by atoms with van der Waals surface area (Å²) in [5.41, 5.74) is 0. The Balaban J connectivity index is 2.84. The fourth-order valence-corrected chi connectivity index (χ4v) is 3.51. The summed E-state index contributed by atoms with van der Waals surface area (Å²) in [6.07, 6.45) is 0.788. The monoisotopic (exact) mass is 205 g/mol. The van der Waals surface area contributed by atoms with Crippen LogP contribution >= 0.6 is 0 Å². The molecule has 0 N–H and O–H groups in total. The predicted octanol–water partition coefficient (Wildman–Crippen LogP) is 0.904. The smallest absolute Gasteiger partial charge is 0.159 e. The van der Waals surface area contributed by atoms with Gasteiger partial charge in [0.25, 0.3) is 0 Å². The third-order valence-corrected chi connectivity index (χ3v) is 5.61. The molecule has 1 aliphatic rings. The zero-order chi connectivity index (χ0) is 10.3. The van der Waals surface area contributed by atoms with Crippen LogP contribution in [0, 0.1) is 0 Å². The quantitative estimate of drug-likeness (QED) is 0.638. The highest BCUT2D eigenvalue weighted by molar-refractivity contribution is 7.93. The van der Waals surface area contributed by atoms with Crippen molar-refractivity contribution >= 4 is 9.84 Å². The summed E-state index contributed by atoms with van der Waals surface area (Å²) < 4.78 is 23.3. The van der Waals surface area contributed by atoms with Crippen molar-refractivity contribution in [3.63, 3.8) is 0 Å². The SMILES string of the molecule is CN1CCC(S(=O)(=O)C(C)(C)C)C1. The summed E-state index contributed by atoms with van der Waals surface area (Å²) in [4.78, 5) is 2.08. The average Bonchev–Trinajstić information content (AvgIpc) is 2.33. The maximum Gasteiger partial charge on any atom is 0.159 e. The molecule has 0 amide bonds. The molecular weight excluding hydrogens is 186 g/mol. The Kier molecular flexibility index (Phi) is 2.74. The molecule has 1 rings (SSSR count). The summed E-state index contributed by atoms with van der Waals surface area (Å²) in [6.45, 7) is 6.93. The molecule has 1 aliphatic heterocycles. The van der Waals surface area contributed by atoms with E-state index >= 15 is 0 Å². The standard InChI is InChI=1S/C9H19NO2S/c1-9(2,3)13(11,12)8-5-6-10(4)7-8/h8H,5-7H2,1-4H3. The van der Waals surface area contributed by atoms with Crippen molar-refractivity contribution in [2.45, 2.75) is 37.2 Å². The largest absolute Gasteiger partial charge is 0.305 e. The molecule has 1 saturated heterocycles. The number of rotatable bonds is 1. The third-order valence-electron chi connectivity index (χ3n) is 2.64. The van der Waals surface area contributed by atoms with Crippen molar-refractivity contribution in [3.8, 4) is 0 Å². The van der Waals surface area contributed by atoms with E-state index in [4.69, 9.17) is 0 Å². The van der Waals surface area contributed by atoms with E-state index in [1.165, 1.54) is 0 Å². The van der Waals surface area contributed by atoms with Gasteiger partial charge in [-0.25, -0.2) is 8.42 Å². The van der Waals surface area contributed by atoms with Crippen molar-refractivity contribution in [1.29, 1.82) is 0 Å². The highest BCUT2D eigenvalue weighted by Gasteiger charge is 2.39. The van der Waals surface area contributed by atoms with Gasteiger partial charge in [0.1, 0.15) is 0 Å². The number of sulfone groups is 1. The second-order valence-corrected chi connectivity index (χ2v) is 7.81. The van der Waals surface area contributed by atoms with Gasteiger partial charge in [0.05, 0.1) is 10.00 Å². The Morgan fingerprint density at radius 2 is 1.85 bits per heavy atom. The highest BCUT2D eigenvalue weighted by Crippen LogP contribution is 2.26. The highest BCUT2D eigenvalue weighted by atomic mass is 32.2. The van der Waals surface area contributed by atoms with Crippen LogP contribution in [0.4, 0.5) is 0 Å². The maximum atomic E-state index is 12.0. The van der Waals surface area contributed by atoms with E-state index < -0.39 is 14.6 Å². The number of hydrogen-bond donors (Lipinski definition) is 0. The number of hydrogen-bond acceptors (Lipinski definition) is 3. The molecule has 0 aromatic rings. The zero-order valence-corrected chi connectivity index (χ0v) is 9.69. The Morgan fingerprint density at radius 3 is 2.15 bits per heavy atom. The molecule has 1 atom stereocenters. The summed E-state index contributed by atoms with van der Waals surface area (Å²) in [5, 5.41) is -0.155. The second-order valence-electron chi connectivity index (χ2n) is 4.83. The van der Waals surface area contributed by atoms with Crippen LogP contribution in [0.15, 0.2) is 0 Å². The van der Waals surface area contributed by atoms with Gasteiger partial charge in [-0.2, -0.15) is 0 Å². The van der Waals surface area contributed by atoms with Gasteiger partial charge in [0.15, 0.2) is 9.84 Å². The van der Waals surface area contributed by atoms with Crippen LogP contribution in [0.5, 0.6) is 0 Å². The van der Waals surface area contributed by atoms with E-state index in [0.29, 0.717) is 6.54 Å². The lowest BCUT2D eigenvalue weighted by Gasteiger charge is -2.23. The van der Waals surface area contributed by atoms with Crippen LogP contribution < -0.4 is 0 Å². The third kappa shape index (κ3) is 2.05. The Hall–Kier alpha value is -0.0900. The molecule has 0 radical (unpaired) electrons. The molecule has 78 valence electrons. The maximum absolute atomic E-state index is 12.0. The molecule has 3 nitrogen and oxygen atoms in total. The molecular formula is C9H19NO2S. The van der Waals surface area contributed by atoms with Crippen molar-refractivity contribution in [2.75, 3.05) is 20.1 Å². The van der Waals surface area contributed by atoms with Crippen LogP contribution in [0.25, 0.3) is 0 Å². The van der Waals surface area contributed by atoms with Crippen molar-refractivity contribution < 1.29 is 8.42 Å². The molecule has 0 spiro atoms. The van der Waals surface area contributed by atoms with Crippen LogP contribution in [0.2, 0.25) is 0 Å².